The van der Waals surface area contributed by atoms with Gasteiger partial charge in [0.15, 0.2) is 0 Å². The van der Waals surface area contributed by atoms with Gasteiger partial charge in [-0.3, -0.25) is 0 Å². The average molecular weight is 1100 g/mol. The van der Waals surface area contributed by atoms with E-state index in [2.05, 4.69) is 136 Å². The summed E-state index contributed by atoms with van der Waals surface area (Å²) in [5, 5.41) is 0. The molecule has 0 spiro atoms. The van der Waals surface area contributed by atoms with Crippen molar-refractivity contribution in [1.29, 1.82) is 0 Å². The molecule has 4 unspecified atom stereocenters. The Morgan fingerprint density at radius 1 is 0.535 bits per heavy atom. The van der Waals surface area contributed by atoms with Crippen LogP contribution in [-0.2, 0) is 17.4 Å². The van der Waals surface area contributed by atoms with Gasteiger partial charge in [-0.25, -0.2) is 0 Å². The first-order valence-corrected chi connectivity index (χ1v) is 41.1. The molecule has 0 N–H and O–H groups in total. The van der Waals surface area contributed by atoms with Crippen LogP contribution in [0.3, 0.4) is 0 Å². The minimum absolute atomic E-state index is 0. The third-order valence-corrected chi connectivity index (χ3v) is 44.6. The van der Waals surface area contributed by atoms with Crippen molar-refractivity contribution in [2.75, 3.05) is 0 Å². The van der Waals surface area contributed by atoms with Crippen molar-refractivity contribution in [3.8, 4) is 22.3 Å². The molecule has 0 heterocycles. The zero-order valence-electron chi connectivity index (χ0n) is 43.3. The third-order valence-electron chi connectivity index (χ3n) is 21.7. The Balaban J connectivity index is 0.00000291. The van der Waals surface area contributed by atoms with Crippen molar-refractivity contribution in [3.63, 3.8) is 0 Å². The fourth-order valence-electron chi connectivity index (χ4n) is 18.5. The number of fused-ring (bicyclic) bond motifs is 2. The Hall–Kier alpha value is -2.17. The first-order valence-electron chi connectivity index (χ1n) is 28.1. The molecule has 0 radical (unpaired) electrons. The van der Waals surface area contributed by atoms with E-state index >= 15 is 13.2 Å². The Kier molecular flexibility index (Phi) is 14.5. The minimum atomic E-state index is -4.96. The van der Waals surface area contributed by atoms with Gasteiger partial charge < -0.3 is 0 Å². The van der Waals surface area contributed by atoms with E-state index in [1.165, 1.54) is 131 Å². The largest absolute Gasteiger partial charge is 0.147 e. The maximum Gasteiger partial charge on any atom is -0.147 e. The monoisotopic (exact) mass is 1090 g/mol. The number of halogens is 5. The van der Waals surface area contributed by atoms with E-state index in [9.17, 15) is 0 Å². The number of hydrogen-bond acceptors (Lipinski definition) is 0. The summed E-state index contributed by atoms with van der Waals surface area (Å²) in [5.41, 5.74) is 16.2. The van der Waals surface area contributed by atoms with E-state index in [0.717, 1.165) is 73.0 Å². The molecule has 380 valence electrons. The molecule has 4 aromatic carbocycles. The van der Waals surface area contributed by atoms with Gasteiger partial charge in [-0.2, -0.15) is 0 Å². The minimum Gasteiger partial charge on any atom is -0.147 e. The molecule has 10 aliphatic rings. The van der Waals surface area contributed by atoms with Gasteiger partial charge in [0.25, 0.3) is 0 Å². The molecular formula is C64H81Cl2F3SiZr. The van der Waals surface area contributed by atoms with E-state index in [-0.39, 0.29) is 32.1 Å². The number of alkyl halides is 3. The molecule has 0 aliphatic heterocycles. The Morgan fingerprint density at radius 2 is 0.887 bits per heavy atom. The van der Waals surface area contributed by atoms with E-state index in [0.29, 0.717) is 27.8 Å². The number of benzene rings is 4. The van der Waals surface area contributed by atoms with Gasteiger partial charge >= 0.3 is 419 Å². The summed E-state index contributed by atoms with van der Waals surface area (Å²) in [4.78, 5) is 0. The number of hydrogen-bond donors (Lipinski definition) is 0. The summed E-state index contributed by atoms with van der Waals surface area (Å²) in [7, 11) is 0. The molecule has 0 nitrogen and oxygen atoms in total. The van der Waals surface area contributed by atoms with Crippen LogP contribution in [0.25, 0.3) is 34.4 Å². The van der Waals surface area contributed by atoms with Crippen LogP contribution in [0.5, 0.6) is 0 Å². The molecule has 0 saturated heterocycles. The smallest absolute Gasteiger partial charge is 0.147 e. The molecule has 0 amide bonds. The second kappa shape index (κ2) is 19.8. The van der Waals surface area contributed by atoms with Crippen molar-refractivity contribution >= 4 is 43.8 Å². The summed E-state index contributed by atoms with van der Waals surface area (Å²) in [6.07, 6.45) is 18.5. The van der Waals surface area contributed by atoms with Crippen LogP contribution < -0.4 is 0 Å². The predicted octanol–water partition coefficient (Wildman–Crippen LogP) is 19.0. The van der Waals surface area contributed by atoms with Crippen LogP contribution in [0, 0.1) is 59.2 Å². The summed E-state index contributed by atoms with van der Waals surface area (Å²) >= 11 is -4.96. The molecule has 7 heteroatoms. The standard InChI is InChI=1S/2C30H35.C3H4F3.CH3.2ClH.H2Si.Zr/c2*1-3-19(2)23-7-9-24(10-8-23)28-6-4-5-25-12-22(18-30(25)28)17-29-26-13-20-11-21(15-26)16-27(29)14-20;1-2-3(4,5)6;;;;;/h2*4-10,12,18-21,26-27,29H,3,11,13-17H2,1-2H3;1-2H2;1H3;2*1H;1H2;. The maximum atomic E-state index is 15.5. The predicted molar refractivity (Wildman–Crippen MR) is 297 cm³/mol. The Morgan fingerprint density at radius 3 is 1.21 bits per heavy atom. The van der Waals surface area contributed by atoms with Crippen molar-refractivity contribution in [2.24, 2.45) is 59.2 Å². The van der Waals surface area contributed by atoms with Crippen molar-refractivity contribution in [1.82, 2.24) is 0 Å². The fraction of sp³-hybridized carbons (Fsp3) is 0.562. The first-order chi connectivity index (χ1) is 33.1. The Bertz CT molecular complexity index is 2520. The van der Waals surface area contributed by atoms with E-state index in [1.54, 1.807) is 0 Å². The van der Waals surface area contributed by atoms with E-state index in [1.807, 2.05) is 0 Å². The summed E-state index contributed by atoms with van der Waals surface area (Å²) in [5.74, 6) is 8.92. The first kappa shape index (κ1) is 52.3. The van der Waals surface area contributed by atoms with Crippen LogP contribution in [0.4, 0.5) is 13.2 Å². The average Bonchev–Trinajstić information content (AvgIpc) is 3.92. The van der Waals surface area contributed by atoms with Crippen molar-refractivity contribution in [2.45, 2.75) is 158 Å². The molecule has 14 rings (SSSR count). The van der Waals surface area contributed by atoms with Gasteiger partial charge in [0.05, 0.1) is 0 Å². The quantitative estimate of drug-likeness (QED) is 0.110. The summed E-state index contributed by atoms with van der Waals surface area (Å²) < 4.78 is 49.4. The van der Waals surface area contributed by atoms with E-state index in [4.69, 9.17) is 0 Å². The normalized spacial score (nSPS) is 31.8. The van der Waals surface area contributed by atoms with Gasteiger partial charge in [0.1, 0.15) is 0 Å². The molecule has 0 aromatic heterocycles. The molecule has 71 heavy (non-hydrogen) atoms. The summed E-state index contributed by atoms with van der Waals surface area (Å²) in [6.45, 7) is 11.4. The second-order valence-corrected chi connectivity index (χ2v) is 54.4. The van der Waals surface area contributed by atoms with Crippen molar-refractivity contribution < 1.29 is 30.6 Å². The van der Waals surface area contributed by atoms with Crippen LogP contribution in [0.15, 0.2) is 96.1 Å². The zero-order valence-corrected chi connectivity index (χ0v) is 48.8. The van der Waals surface area contributed by atoms with Crippen LogP contribution in [0.1, 0.15) is 176 Å². The molecule has 10 aliphatic carbocycles. The topological polar surface area (TPSA) is 0 Å². The second-order valence-electron chi connectivity index (χ2n) is 26.0. The fourth-order valence-corrected chi connectivity index (χ4v) is 42.2. The third kappa shape index (κ3) is 9.30. The molecule has 4 aromatic rings. The van der Waals surface area contributed by atoms with Gasteiger partial charge in [-0.15, -0.1) is 24.8 Å². The van der Waals surface area contributed by atoms with Crippen molar-refractivity contribution in [3.05, 3.63) is 129 Å². The molecular weight excluding hydrogens is 1020 g/mol. The maximum absolute atomic E-state index is 15.5. The van der Waals surface area contributed by atoms with Gasteiger partial charge in [-0.1, -0.05) is 0 Å². The Labute approximate surface area is 440 Å². The van der Waals surface area contributed by atoms with Gasteiger partial charge in [0, 0.05) is 0 Å². The molecule has 8 bridgehead atoms. The summed E-state index contributed by atoms with van der Waals surface area (Å²) in [6, 6.07) is 32.7. The zero-order chi connectivity index (χ0) is 47.6. The molecule has 8 saturated carbocycles. The van der Waals surface area contributed by atoms with Crippen LogP contribution in [0.2, 0.25) is 8.76 Å². The van der Waals surface area contributed by atoms with Crippen LogP contribution >= 0.6 is 24.8 Å². The van der Waals surface area contributed by atoms with E-state index < -0.39 is 30.0 Å². The number of allylic oxidation sites excluding steroid dienone is 2. The molecule has 8 fully saturated rings. The SMILES string of the molecule is CCC(C)c1ccc(-c2cccc3c2C=C(CC2C4CC5CC(C4)CC2C5)[CH]3[Zr]([CH3])(=[SiH2])([CH2]CC(F)(F)F)[CH]2C(CC3C4CC5CC(C4)CC3C5)=Cc3c(-c4ccc(C(C)CC)cc4)cccc32)cc1.Cl.Cl. The van der Waals surface area contributed by atoms with Gasteiger partial charge in [-0.05, 0) is 0 Å². The van der Waals surface area contributed by atoms with Crippen LogP contribution in [-0.4, -0.2) is 13.1 Å². The van der Waals surface area contributed by atoms with Gasteiger partial charge in [0.2, 0.25) is 0 Å². The number of rotatable bonds is 14. The molecule has 4 atom stereocenters.